The molecule has 18 heavy (non-hydrogen) atoms. The molecular formula is C14H29N3S. The number of likely N-dealkylation sites (N-methyl/N-ethyl adjacent to an activating group) is 1. The predicted molar refractivity (Wildman–Crippen MR) is 81.2 cm³/mol. The fourth-order valence-corrected chi connectivity index (χ4v) is 4.99. The third kappa shape index (κ3) is 2.87. The lowest BCUT2D eigenvalue weighted by atomic mass is 9.78. The molecule has 0 aromatic rings. The molecule has 0 radical (unpaired) electrons. The second-order valence-corrected chi connectivity index (χ2v) is 8.02. The molecule has 2 fully saturated rings. The highest BCUT2D eigenvalue weighted by atomic mass is 32.2. The Labute approximate surface area is 116 Å². The van der Waals surface area contributed by atoms with E-state index in [1.165, 1.54) is 37.6 Å². The van der Waals surface area contributed by atoms with Gasteiger partial charge in [-0.15, -0.1) is 0 Å². The van der Waals surface area contributed by atoms with E-state index < -0.39 is 0 Å². The van der Waals surface area contributed by atoms with Gasteiger partial charge in [0.05, 0.1) is 0 Å². The van der Waals surface area contributed by atoms with Gasteiger partial charge in [0.2, 0.25) is 0 Å². The summed E-state index contributed by atoms with van der Waals surface area (Å²) in [6, 6.07) is 0.650. The van der Waals surface area contributed by atoms with Gasteiger partial charge in [-0.2, -0.15) is 11.8 Å². The summed E-state index contributed by atoms with van der Waals surface area (Å²) in [7, 11) is 2.23. The Kier molecular flexibility index (Phi) is 4.32. The Hall–Kier alpha value is 0.230. The summed E-state index contributed by atoms with van der Waals surface area (Å²) in [6.07, 6.45) is 1.25. The Morgan fingerprint density at radius 3 is 2.56 bits per heavy atom. The summed E-state index contributed by atoms with van der Waals surface area (Å²) in [6.45, 7) is 11.4. The maximum atomic E-state index is 6.20. The van der Waals surface area contributed by atoms with Crippen LogP contribution < -0.4 is 5.73 Å². The summed E-state index contributed by atoms with van der Waals surface area (Å²) in [5.41, 5.74) is 6.87. The standard InChI is InChI=1S/C14H29N3S/c1-12-7-17(6-5-16(12)4)14(9-15)8-13(2,3)10-18-11-14/h12H,5-11,15H2,1-4H3. The largest absolute Gasteiger partial charge is 0.329 e. The van der Waals surface area contributed by atoms with Gasteiger partial charge in [0, 0.05) is 43.5 Å². The quantitative estimate of drug-likeness (QED) is 0.825. The molecule has 2 aliphatic heterocycles. The lowest BCUT2D eigenvalue weighted by Crippen LogP contribution is -2.65. The highest BCUT2D eigenvalue weighted by Crippen LogP contribution is 2.42. The molecule has 106 valence electrons. The molecule has 2 N–H and O–H groups in total. The number of rotatable bonds is 2. The first-order valence-electron chi connectivity index (χ1n) is 7.12. The van der Waals surface area contributed by atoms with Crippen LogP contribution in [0.4, 0.5) is 0 Å². The van der Waals surface area contributed by atoms with Crippen LogP contribution in [-0.2, 0) is 0 Å². The monoisotopic (exact) mass is 271 g/mol. The number of hydrogen-bond donors (Lipinski definition) is 1. The number of piperazine rings is 1. The van der Waals surface area contributed by atoms with Crippen molar-refractivity contribution < 1.29 is 0 Å². The maximum Gasteiger partial charge on any atom is 0.0428 e. The van der Waals surface area contributed by atoms with Gasteiger partial charge in [-0.05, 0) is 31.6 Å². The van der Waals surface area contributed by atoms with Gasteiger partial charge < -0.3 is 10.6 Å². The fraction of sp³-hybridized carbons (Fsp3) is 1.00. The van der Waals surface area contributed by atoms with Gasteiger partial charge in [0.25, 0.3) is 0 Å². The van der Waals surface area contributed by atoms with Crippen molar-refractivity contribution in [2.75, 3.05) is 44.7 Å². The second-order valence-electron chi connectivity index (χ2n) is 7.04. The molecule has 0 saturated carbocycles. The minimum Gasteiger partial charge on any atom is -0.329 e. The van der Waals surface area contributed by atoms with E-state index in [1.54, 1.807) is 0 Å². The molecule has 0 amide bonds. The van der Waals surface area contributed by atoms with E-state index in [1.807, 2.05) is 0 Å². The Bertz CT molecular complexity index is 295. The zero-order chi connectivity index (χ0) is 13.4. The zero-order valence-corrected chi connectivity index (χ0v) is 13.2. The van der Waals surface area contributed by atoms with Crippen molar-refractivity contribution in [2.45, 2.75) is 38.8 Å². The molecule has 0 aromatic heterocycles. The molecule has 0 aliphatic carbocycles. The van der Waals surface area contributed by atoms with E-state index in [0.717, 1.165) is 6.54 Å². The fourth-order valence-electron chi connectivity index (χ4n) is 3.45. The normalized spacial score (nSPS) is 38.8. The number of nitrogens with zero attached hydrogens (tertiary/aromatic N) is 2. The van der Waals surface area contributed by atoms with E-state index >= 15 is 0 Å². The van der Waals surface area contributed by atoms with Crippen LogP contribution in [0.5, 0.6) is 0 Å². The third-order valence-corrected chi connectivity index (χ3v) is 6.41. The molecule has 3 nitrogen and oxygen atoms in total. The van der Waals surface area contributed by atoms with E-state index in [4.69, 9.17) is 5.73 Å². The van der Waals surface area contributed by atoms with E-state index in [-0.39, 0.29) is 5.54 Å². The van der Waals surface area contributed by atoms with Crippen LogP contribution >= 0.6 is 11.8 Å². The molecular weight excluding hydrogens is 242 g/mol. The molecule has 0 bridgehead atoms. The second kappa shape index (κ2) is 5.31. The molecule has 2 atom stereocenters. The lowest BCUT2D eigenvalue weighted by Gasteiger charge is -2.53. The van der Waals surface area contributed by atoms with Crippen molar-refractivity contribution >= 4 is 11.8 Å². The van der Waals surface area contributed by atoms with Crippen LogP contribution in [0.2, 0.25) is 0 Å². The molecule has 2 rings (SSSR count). The molecule has 0 spiro atoms. The van der Waals surface area contributed by atoms with Crippen LogP contribution in [0.25, 0.3) is 0 Å². The predicted octanol–water partition coefficient (Wildman–Crippen LogP) is 1.48. The van der Waals surface area contributed by atoms with Crippen molar-refractivity contribution in [2.24, 2.45) is 11.1 Å². The van der Waals surface area contributed by atoms with E-state index in [9.17, 15) is 0 Å². The van der Waals surface area contributed by atoms with Crippen LogP contribution in [0.15, 0.2) is 0 Å². The first-order valence-corrected chi connectivity index (χ1v) is 8.27. The number of thioether (sulfide) groups is 1. The smallest absolute Gasteiger partial charge is 0.0428 e. The number of nitrogens with two attached hydrogens (primary N) is 1. The average molecular weight is 271 g/mol. The maximum absolute atomic E-state index is 6.20. The highest BCUT2D eigenvalue weighted by Gasteiger charge is 2.45. The van der Waals surface area contributed by atoms with Gasteiger partial charge in [-0.25, -0.2) is 0 Å². The highest BCUT2D eigenvalue weighted by molar-refractivity contribution is 7.99. The minimum atomic E-state index is 0.238. The van der Waals surface area contributed by atoms with Gasteiger partial charge in [0.15, 0.2) is 0 Å². The van der Waals surface area contributed by atoms with Gasteiger partial charge in [0.1, 0.15) is 0 Å². The summed E-state index contributed by atoms with van der Waals surface area (Å²) >= 11 is 2.09. The lowest BCUT2D eigenvalue weighted by molar-refractivity contribution is 0.00710. The number of hydrogen-bond acceptors (Lipinski definition) is 4. The van der Waals surface area contributed by atoms with Gasteiger partial charge in [-0.3, -0.25) is 4.90 Å². The van der Waals surface area contributed by atoms with Gasteiger partial charge in [-0.1, -0.05) is 13.8 Å². The zero-order valence-electron chi connectivity index (χ0n) is 12.4. The summed E-state index contributed by atoms with van der Waals surface area (Å²) < 4.78 is 0. The minimum absolute atomic E-state index is 0.238. The SMILES string of the molecule is CC1CN(C2(CN)CSCC(C)(C)C2)CCN1C. The first-order chi connectivity index (χ1) is 8.38. The van der Waals surface area contributed by atoms with E-state index in [0.29, 0.717) is 11.5 Å². The van der Waals surface area contributed by atoms with Gasteiger partial charge >= 0.3 is 0 Å². The first kappa shape index (κ1) is 14.6. The van der Waals surface area contributed by atoms with Crippen molar-refractivity contribution in [3.63, 3.8) is 0 Å². The molecule has 0 aromatic carbocycles. The molecule has 2 aliphatic rings. The topological polar surface area (TPSA) is 32.5 Å². The summed E-state index contributed by atoms with van der Waals surface area (Å²) in [5.74, 6) is 2.49. The Morgan fingerprint density at radius 1 is 1.28 bits per heavy atom. The van der Waals surface area contributed by atoms with Crippen molar-refractivity contribution in [3.8, 4) is 0 Å². The van der Waals surface area contributed by atoms with Crippen LogP contribution in [0.3, 0.4) is 0 Å². The summed E-state index contributed by atoms with van der Waals surface area (Å²) in [4.78, 5) is 5.15. The summed E-state index contributed by atoms with van der Waals surface area (Å²) in [5, 5.41) is 0. The Balaban J connectivity index is 2.12. The van der Waals surface area contributed by atoms with Crippen LogP contribution in [-0.4, -0.2) is 66.1 Å². The van der Waals surface area contributed by atoms with Crippen molar-refractivity contribution in [1.29, 1.82) is 0 Å². The molecule has 2 unspecified atom stereocenters. The van der Waals surface area contributed by atoms with Crippen LogP contribution in [0.1, 0.15) is 27.2 Å². The van der Waals surface area contributed by atoms with Crippen molar-refractivity contribution in [3.05, 3.63) is 0 Å². The molecule has 4 heteroatoms. The van der Waals surface area contributed by atoms with Crippen LogP contribution in [0, 0.1) is 5.41 Å². The molecule has 2 saturated heterocycles. The Morgan fingerprint density at radius 2 is 2.00 bits per heavy atom. The third-order valence-electron chi connectivity index (χ3n) is 4.68. The van der Waals surface area contributed by atoms with Crippen molar-refractivity contribution in [1.82, 2.24) is 9.80 Å². The van der Waals surface area contributed by atoms with E-state index in [2.05, 4.69) is 49.4 Å². The average Bonchev–Trinajstić information content (AvgIpc) is 2.31. The molecule has 2 heterocycles.